The van der Waals surface area contributed by atoms with Crippen molar-refractivity contribution in [2.75, 3.05) is 0 Å². The number of hydrogen-bond acceptors (Lipinski definition) is 2. The van der Waals surface area contributed by atoms with Gasteiger partial charge in [-0.1, -0.05) is 17.7 Å². The van der Waals surface area contributed by atoms with E-state index in [0.29, 0.717) is 5.69 Å². The third-order valence-corrected chi connectivity index (χ3v) is 2.36. The highest BCUT2D eigenvalue weighted by Crippen LogP contribution is 2.31. The first kappa shape index (κ1) is 11.9. The van der Waals surface area contributed by atoms with Crippen molar-refractivity contribution in [2.45, 2.75) is 6.18 Å². The summed E-state index contributed by atoms with van der Waals surface area (Å²) in [6.45, 7) is 0. The zero-order chi connectivity index (χ0) is 12.6. The van der Waals surface area contributed by atoms with Gasteiger partial charge in [0.2, 0.25) is 0 Å². The van der Waals surface area contributed by atoms with Crippen LogP contribution in [0.1, 0.15) is 5.69 Å². The quantitative estimate of drug-likeness (QED) is 0.738. The molecule has 0 aromatic carbocycles. The van der Waals surface area contributed by atoms with Crippen molar-refractivity contribution >= 4 is 11.6 Å². The Morgan fingerprint density at radius 3 is 2.47 bits per heavy atom. The van der Waals surface area contributed by atoms with Gasteiger partial charge in [-0.25, -0.2) is 4.98 Å². The van der Waals surface area contributed by atoms with Crippen LogP contribution in [0, 0.1) is 0 Å². The highest BCUT2D eigenvalue weighted by molar-refractivity contribution is 6.29. The average molecular weight is 262 g/mol. The molecule has 7 heteroatoms. The molecule has 0 N–H and O–H groups in total. The van der Waals surface area contributed by atoms with E-state index in [1.54, 1.807) is 18.2 Å². The van der Waals surface area contributed by atoms with Gasteiger partial charge in [-0.3, -0.25) is 4.68 Å². The normalized spacial score (nSPS) is 11.8. The van der Waals surface area contributed by atoms with Gasteiger partial charge in [0.05, 0.1) is 5.69 Å². The van der Waals surface area contributed by atoms with Gasteiger partial charge in [0, 0.05) is 7.05 Å². The summed E-state index contributed by atoms with van der Waals surface area (Å²) in [5, 5.41) is 3.97. The maximum atomic E-state index is 12.5. The van der Waals surface area contributed by atoms with Crippen LogP contribution in [-0.4, -0.2) is 14.8 Å². The van der Waals surface area contributed by atoms with Crippen LogP contribution in [0.15, 0.2) is 24.3 Å². The molecule has 0 saturated heterocycles. The molecule has 0 fully saturated rings. The smallest absolute Gasteiger partial charge is 0.263 e. The Hall–Kier alpha value is -1.56. The third kappa shape index (κ3) is 2.41. The van der Waals surface area contributed by atoms with Crippen LogP contribution >= 0.6 is 11.6 Å². The minimum absolute atomic E-state index is 0.141. The highest BCUT2D eigenvalue weighted by Gasteiger charge is 2.35. The van der Waals surface area contributed by atoms with E-state index in [4.69, 9.17) is 11.6 Å². The molecular weight excluding hydrogens is 255 g/mol. The standard InChI is InChI=1S/C10H7ClF3N3/c1-17-8(10(12,13)14)5-7(16-17)6-3-2-4-9(11)15-6/h2-5H,1H3. The molecule has 2 heterocycles. The molecule has 2 rings (SSSR count). The van der Waals surface area contributed by atoms with Crippen molar-refractivity contribution in [3.05, 3.63) is 35.1 Å². The molecule has 0 spiro atoms. The number of aromatic nitrogens is 3. The summed E-state index contributed by atoms with van der Waals surface area (Å²) in [5.74, 6) is 0. The van der Waals surface area contributed by atoms with Crippen LogP contribution in [0.3, 0.4) is 0 Å². The Morgan fingerprint density at radius 1 is 1.24 bits per heavy atom. The molecule has 0 radical (unpaired) electrons. The van der Waals surface area contributed by atoms with Gasteiger partial charge in [0.25, 0.3) is 0 Å². The summed E-state index contributed by atoms with van der Waals surface area (Å²) >= 11 is 5.66. The van der Waals surface area contributed by atoms with Crippen LogP contribution in [0.5, 0.6) is 0 Å². The van der Waals surface area contributed by atoms with Crippen LogP contribution in [0.25, 0.3) is 11.4 Å². The molecule has 0 amide bonds. The molecule has 17 heavy (non-hydrogen) atoms. The third-order valence-electron chi connectivity index (χ3n) is 2.15. The van der Waals surface area contributed by atoms with Gasteiger partial charge < -0.3 is 0 Å². The SMILES string of the molecule is Cn1nc(-c2cccc(Cl)n2)cc1C(F)(F)F. The lowest BCUT2D eigenvalue weighted by molar-refractivity contribution is -0.143. The van der Waals surface area contributed by atoms with Crippen molar-refractivity contribution in [1.29, 1.82) is 0 Å². The molecule has 2 aromatic heterocycles. The first-order valence-corrected chi connectivity index (χ1v) is 5.00. The summed E-state index contributed by atoms with van der Waals surface area (Å²) < 4.78 is 38.4. The fraction of sp³-hybridized carbons (Fsp3) is 0.200. The average Bonchev–Trinajstić information content (AvgIpc) is 2.60. The van der Waals surface area contributed by atoms with Crippen LogP contribution in [-0.2, 0) is 13.2 Å². The summed E-state index contributed by atoms with van der Waals surface area (Å²) in [5.41, 5.74) is -0.375. The van der Waals surface area contributed by atoms with Crippen LogP contribution in [0.2, 0.25) is 5.15 Å². The van der Waals surface area contributed by atoms with Crippen molar-refractivity contribution in [3.63, 3.8) is 0 Å². The first-order valence-electron chi connectivity index (χ1n) is 4.62. The van der Waals surface area contributed by atoms with E-state index in [1.165, 1.54) is 7.05 Å². The first-order chi connectivity index (χ1) is 7.88. The van der Waals surface area contributed by atoms with Gasteiger partial charge in [-0.05, 0) is 18.2 Å². The Labute approximate surface area is 99.8 Å². The lowest BCUT2D eigenvalue weighted by Crippen LogP contribution is -2.11. The number of pyridine rings is 1. The molecule has 0 unspecified atom stereocenters. The summed E-state index contributed by atoms with van der Waals surface area (Å²) in [6, 6.07) is 5.64. The maximum Gasteiger partial charge on any atom is 0.433 e. The molecule has 0 atom stereocenters. The van der Waals surface area contributed by atoms with Gasteiger partial charge >= 0.3 is 6.18 Å². The molecule has 90 valence electrons. The maximum absolute atomic E-state index is 12.5. The van der Waals surface area contributed by atoms with Gasteiger partial charge in [-0.15, -0.1) is 0 Å². The number of rotatable bonds is 1. The van der Waals surface area contributed by atoms with Gasteiger partial charge in [0.15, 0.2) is 0 Å². The molecule has 2 aromatic rings. The Morgan fingerprint density at radius 2 is 1.94 bits per heavy atom. The second kappa shape index (κ2) is 4.03. The van der Waals surface area contributed by atoms with Crippen LogP contribution in [0.4, 0.5) is 13.2 Å². The predicted octanol–water partition coefficient (Wildman–Crippen LogP) is 3.15. The second-order valence-electron chi connectivity index (χ2n) is 3.38. The number of aryl methyl sites for hydroxylation is 1. The molecule has 3 nitrogen and oxygen atoms in total. The minimum atomic E-state index is -4.43. The van der Waals surface area contributed by atoms with E-state index in [1.807, 2.05) is 0 Å². The van der Waals surface area contributed by atoms with E-state index in [2.05, 4.69) is 10.1 Å². The van der Waals surface area contributed by atoms with Crippen molar-refractivity contribution in [3.8, 4) is 11.4 Å². The summed E-state index contributed by atoms with van der Waals surface area (Å²) in [6.07, 6.45) is -4.43. The molecule has 0 aliphatic rings. The lowest BCUT2D eigenvalue weighted by atomic mass is 10.2. The van der Waals surface area contributed by atoms with E-state index in [-0.39, 0.29) is 10.8 Å². The zero-order valence-corrected chi connectivity index (χ0v) is 9.42. The molecular formula is C10H7ClF3N3. The molecule has 0 bridgehead atoms. The zero-order valence-electron chi connectivity index (χ0n) is 8.66. The topological polar surface area (TPSA) is 30.7 Å². The van der Waals surface area contributed by atoms with Crippen molar-refractivity contribution in [2.24, 2.45) is 7.05 Å². The van der Waals surface area contributed by atoms with Gasteiger partial charge in [0.1, 0.15) is 16.5 Å². The molecule has 0 aliphatic heterocycles. The molecule has 0 saturated carbocycles. The Bertz CT molecular complexity index is 548. The van der Waals surface area contributed by atoms with E-state index in [9.17, 15) is 13.2 Å². The second-order valence-corrected chi connectivity index (χ2v) is 3.77. The minimum Gasteiger partial charge on any atom is -0.263 e. The Balaban J connectivity index is 2.49. The fourth-order valence-electron chi connectivity index (χ4n) is 1.41. The Kier molecular flexibility index (Phi) is 2.82. The number of hydrogen-bond donors (Lipinski definition) is 0. The monoisotopic (exact) mass is 261 g/mol. The van der Waals surface area contributed by atoms with E-state index >= 15 is 0 Å². The molecule has 0 aliphatic carbocycles. The van der Waals surface area contributed by atoms with Gasteiger partial charge in [-0.2, -0.15) is 18.3 Å². The van der Waals surface area contributed by atoms with Crippen LogP contribution < -0.4 is 0 Å². The van der Waals surface area contributed by atoms with Crippen molar-refractivity contribution < 1.29 is 13.2 Å². The number of nitrogens with zero attached hydrogens (tertiary/aromatic N) is 3. The summed E-state index contributed by atoms with van der Waals surface area (Å²) in [4.78, 5) is 3.90. The largest absolute Gasteiger partial charge is 0.433 e. The highest BCUT2D eigenvalue weighted by atomic mass is 35.5. The lowest BCUT2D eigenvalue weighted by Gasteiger charge is -2.04. The number of alkyl halides is 3. The van der Waals surface area contributed by atoms with Crippen molar-refractivity contribution in [1.82, 2.24) is 14.8 Å². The van der Waals surface area contributed by atoms with E-state index < -0.39 is 11.9 Å². The predicted molar refractivity (Wildman–Crippen MR) is 56.5 cm³/mol. The summed E-state index contributed by atoms with van der Waals surface area (Å²) in [7, 11) is 1.23. The van der Waals surface area contributed by atoms with E-state index in [0.717, 1.165) is 10.7 Å². The number of halogens is 4. The fourth-order valence-corrected chi connectivity index (χ4v) is 1.57.